The van der Waals surface area contributed by atoms with Gasteiger partial charge in [0.2, 0.25) is 0 Å². The Labute approximate surface area is 204 Å². The van der Waals surface area contributed by atoms with Crippen molar-refractivity contribution in [2.75, 3.05) is 0 Å². The van der Waals surface area contributed by atoms with Gasteiger partial charge in [-0.1, -0.05) is 36.4 Å². The lowest BCUT2D eigenvalue weighted by atomic mass is 9.83. The Hall–Kier alpha value is -4.23. The number of hydrogen-bond donors (Lipinski definition) is 2. The Morgan fingerprint density at radius 3 is 2.22 bits per heavy atom. The van der Waals surface area contributed by atoms with Gasteiger partial charge in [0.1, 0.15) is 29.7 Å². The van der Waals surface area contributed by atoms with Crippen molar-refractivity contribution in [2.24, 2.45) is 0 Å². The van der Waals surface area contributed by atoms with E-state index in [1.807, 2.05) is 24.3 Å². The fraction of sp³-hybridized carbons (Fsp3) is 0.103. The summed E-state index contributed by atoms with van der Waals surface area (Å²) >= 11 is 0. The number of carbonyl (C=O) groups excluding carboxylic acids is 1. The van der Waals surface area contributed by atoms with Crippen molar-refractivity contribution in [1.82, 2.24) is 5.32 Å². The first kappa shape index (κ1) is 22.2. The van der Waals surface area contributed by atoms with E-state index in [2.05, 4.69) is 5.32 Å². The van der Waals surface area contributed by atoms with Crippen LogP contribution in [0.2, 0.25) is 0 Å². The lowest BCUT2D eigenvalue weighted by Crippen LogP contribution is -2.23. The quantitative estimate of drug-likeness (QED) is 0.330. The van der Waals surface area contributed by atoms with E-state index in [-0.39, 0.29) is 30.1 Å². The normalized spacial score (nSPS) is 17.0. The Morgan fingerprint density at radius 1 is 0.833 bits per heavy atom. The summed E-state index contributed by atoms with van der Waals surface area (Å²) in [4.78, 5) is 12.8. The number of halogens is 3. The largest absolute Gasteiger partial charge is 0.356 e. The van der Waals surface area contributed by atoms with Crippen LogP contribution in [0.1, 0.15) is 55.9 Å². The van der Waals surface area contributed by atoms with Gasteiger partial charge in [-0.2, -0.15) is 0 Å². The van der Waals surface area contributed by atoms with Gasteiger partial charge in [-0.3, -0.25) is 4.79 Å². The molecule has 2 bridgehead atoms. The van der Waals surface area contributed by atoms with Crippen LogP contribution in [-0.2, 0) is 11.3 Å². The highest BCUT2D eigenvalue weighted by atomic mass is 19.1. The molecular weight excluding hydrogens is 465 g/mol. The topological polar surface area (TPSA) is 62.2 Å². The molecular formula is C29H19F3N2O2. The number of benzene rings is 4. The van der Waals surface area contributed by atoms with Gasteiger partial charge in [-0.15, -0.1) is 0 Å². The van der Waals surface area contributed by atoms with Crippen molar-refractivity contribution in [2.45, 2.75) is 18.8 Å². The summed E-state index contributed by atoms with van der Waals surface area (Å²) < 4.78 is 48.4. The zero-order chi connectivity index (χ0) is 25.0. The predicted octanol–water partition coefficient (Wildman–Crippen LogP) is 6.22. The fourth-order valence-corrected chi connectivity index (χ4v) is 5.01. The van der Waals surface area contributed by atoms with E-state index in [1.165, 1.54) is 6.07 Å². The molecule has 0 unspecified atom stereocenters. The zero-order valence-corrected chi connectivity index (χ0v) is 18.8. The maximum Gasteiger partial charge on any atom is 0.251 e. The number of amides is 1. The number of carbonyl (C=O) groups is 1. The standard InChI is InChI=1S/C29H19F3N2O2/c30-24-4-2-1-3-18(24)16-5-7-19-21(11-16)28-22-12-17(6-8-20(22)27(19)36-28)29(35)34-14-15-9-25(31)23(13-33)26(32)10-15/h1-13,27-28,33H,14H2,(H,34,35)/t27-,28+/m0/s1. The van der Waals surface area contributed by atoms with Gasteiger partial charge >= 0.3 is 0 Å². The van der Waals surface area contributed by atoms with Crippen molar-refractivity contribution in [3.05, 3.63) is 129 Å². The molecule has 4 nitrogen and oxygen atoms in total. The fourth-order valence-electron chi connectivity index (χ4n) is 5.01. The maximum atomic E-state index is 14.3. The molecule has 0 radical (unpaired) electrons. The monoisotopic (exact) mass is 484 g/mol. The molecule has 0 aliphatic carbocycles. The summed E-state index contributed by atoms with van der Waals surface area (Å²) in [6.07, 6.45) is 0.00608. The lowest BCUT2D eigenvalue weighted by molar-refractivity contribution is 0.0857. The third-order valence-electron chi connectivity index (χ3n) is 6.76. The average molecular weight is 484 g/mol. The highest BCUT2D eigenvalue weighted by Crippen LogP contribution is 2.54. The van der Waals surface area contributed by atoms with Gasteiger partial charge in [0.15, 0.2) is 0 Å². The summed E-state index contributed by atoms with van der Waals surface area (Å²) in [7, 11) is 0. The Bertz CT molecular complexity index is 1540. The first-order chi connectivity index (χ1) is 17.4. The molecule has 178 valence electrons. The van der Waals surface area contributed by atoms with Crippen LogP contribution in [0.3, 0.4) is 0 Å². The Kier molecular flexibility index (Phi) is 5.23. The highest BCUT2D eigenvalue weighted by molar-refractivity contribution is 5.94. The summed E-state index contributed by atoms with van der Waals surface area (Å²) in [5.74, 6) is -2.40. The number of fused-ring (bicyclic) bond motifs is 8. The minimum Gasteiger partial charge on any atom is -0.356 e. The van der Waals surface area contributed by atoms with Gasteiger partial charge in [0, 0.05) is 23.9 Å². The molecule has 2 aliphatic heterocycles. The number of ether oxygens (including phenoxy) is 1. The van der Waals surface area contributed by atoms with E-state index in [1.54, 1.807) is 30.3 Å². The van der Waals surface area contributed by atoms with Crippen molar-refractivity contribution in [1.29, 1.82) is 5.41 Å². The molecule has 1 amide bonds. The predicted molar refractivity (Wildman–Crippen MR) is 128 cm³/mol. The molecule has 0 fully saturated rings. The number of nitrogens with one attached hydrogen (secondary N) is 2. The summed E-state index contributed by atoms with van der Waals surface area (Å²) in [5.41, 5.74) is 5.33. The van der Waals surface area contributed by atoms with Gasteiger partial charge in [0.05, 0.1) is 5.56 Å². The van der Waals surface area contributed by atoms with Gasteiger partial charge < -0.3 is 15.5 Å². The van der Waals surface area contributed by atoms with Gasteiger partial charge in [-0.25, -0.2) is 13.2 Å². The minimum atomic E-state index is -0.853. The van der Waals surface area contributed by atoms with E-state index < -0.39 is 23.1 Å². The molecule has 0 aromatic heterocycles. The first-order valence-corrected chi connectivity index (χ1v) is 11.4. The average Bonchev–Trinajstić information content (AvgIpc) is 3.44. The second-order valence-electron chi connectivity index (χ2n) is 8.86. The summed E-state index contributed by atoms with van der Waals surface area (Å²) in [5, 5.41) is 9.77. The third-order valence-corrected chi connectivity index (χ3v) is 6.76. The SMILES string of the molecule is N=Cc1c(F)cc(CNC(=O)c2ccc3c(c2)[C@@H]2O[C@H]3c3ccc(-c4ccccc4F)cc32)cc1F. The summed E-state index contributed by atoms with van der Waals surface area (Å²) in [6.45, 7) is -0.0700. The minimum absolute atomic E-state index is 0.0700. The molecule has 0 spiro atoms. The maximum absolute atomic E-state index is 14.3. The molecule has 6 rings (SSSR count). The molecule has 2 N–H and O–H groups in total. The van der Waals surface area contributed by atoms with Crippen molar-refractivity contribution >= 4 is 12.1 Å². The molecule has 7 heteroatoms. The van der Waals surface area contributed by atoms with Crippen LogP contribution < -0.4 is 5.32 Å². The molecule has 4 aromatic carbocycles. The molecule has 2 aliphatic rings. The van der Waals surface area contributed by atoms with Crippen molar-refractivity contribution in [3.8, 4) is 11.1 Å². The van der Waals surface area contributed by atoms with E-state index in [4.69, 9.17) is 10.1 Å². The second kappa shape index (κ2) is 8.46. The van der Waals surface area contributed by atoms with Crippen LogP contribution in [-0.4, -0.2) is 12.1 Å². The molecule has 2 heterocycles. The van der Waals surface area contributed by atoms with E-state index in [9.17, 15) is 18.0 Å². The molecule has 2 atom stereocenters. The van der Waals surface area contributed by atoms with Crippen LogP contribution in [0.15, 0.2) is 72.8 Å². The van der Waals surface area contributed by atoms with Crippen LogP contribution in [0.5, 0.6) is 0 Å². The molecule has 0 saturated carbocycles. The van der Waals surface area contributed by atoms with Gasteiger partial charge in [0.25, 0.3) is 5.91 Å². The van der Waals surface area contributed by atoms with E-state index in [0.29, 0.717) is 17.3 Å². The highest BCUT2D eigenvalue weighted by Gasteiger charge is 2.43. The van der Waals surface area contributed by atoms with Gasteiger partial charge in [-0.05, 0) is 69.8 Å². The van der Waals surface area contributed by atoms with E-state index in [0.717, 1.165) is 39.9 Å². The molecule has 0 saturated heterocycles. The summed E-state index contributed by atoms with van der Waals surface area (Å²) in [6, 6.07) is 19.9. The van der Waals surface area contributed by atoms with Crippen molar-refractivity contribution in [3.63, 3.8) is 0 Å². The molecule has 4 aromatic rings. The van der Waals surface area contributed by atoms with Crippen LogP contribution in [0, 0.1) is 22.9 Å². The van der Waals surface area contributed by atoms with Crippen LogP contribution in [0.4, 0.5) is 13.2 Å². The first-order valence-electron chi connectivity index (χ1n) is 11.4. The van der Waals surface area contributed by atoms with E-state index >= 15 is 0 Å². The molecule has 36 heavy (non-hydrogen) atoms. The third kappa shape index (κ3) is 3.51. The van der Waals surface area contributed by atoms with Crippen LogP contribution in [0.25, 0.3) is 11.1 Å². The number of rotatable bonds is 5. The van der Waals surface area contributed by atoms with Crippen LogP contribution >= 0.6 is 0 Å². The second-order valence-corrected chi connectivity index (χ2v) is 8.86. The number of hydrogen-bond acceptors (Lipinski definition) is 3. The Balaban J connectivity index is 1.25. The Morgan fingerprint density at radius 2 is 1.50 bits per heavy atom. The lowest BCUT2D eigenvalue weighted by Gasteiger charge is -2.18. The smallest absolute Gasteiger partial charge is 0.251 e. The zero-order valence-electron chi connectivity index (χ0n) is 18.8. The van der Waals surface area contributed by atoms with Crippen molar-refractivity contribution < 1.29 is 22.7 Å².